The first kappa shape index (κ1) is 12.3. The minimum Gasteiger partial charge on any atom is -0.379 e. The van der Waals surface area contributed by atoms with Crippen LogP contribution < -0.4 is 5.32 Å². The van der Waals surface area contributed by atoms with Gasteiger partial charge in [0.2, 0.25) is 0 Å². The van der Waals surface area contributed by atoms with Crippen LogP contribution in [0.25, 0.3) is 0 Å². The molecule has 2 aliphatic rings. The molecule has 1 aromatic carbocycles. The third-order valence-corrected chi connectivity index (χ3v) is 4.14. The first-order chi connectivity index (χ1) is 9.13. The number of hydrogen-bond donors (Lipinski definition) is 1. The van der Waals surface area contributed by atoms with Gasteiger partial charge in [0.15, 0.2) is 0 Å². The smallest absolute Gasteiger partial charge is 0.271 e. The first-order valence-corrected chi connectivity index (χ1v) is 6.56. The minimum atomic E-state index is -0.497. The molecule has 1 N–H and O–H groups in total. The van der Waals surface area contributed by atoms with E-state index in [-0.39, 0.29) is 17.4 Å². The van der Waals surface area contributed by atoms with Gasteiger partial charge in [-0.1, -0.05) is 0 Å². The standard InChI is InChI=1S/C13H16FN3O2/c14-11-2-1-10(17(18)19)7-13(11)15-12-4-6-16-5-3-9(12)8-16/h1-2,7,9,12,15H,3-6,8H2. The van der Waals surface area contributed by atoms with Crippen molar-refractivity contribution in [1.82, 2.24) is 4.90 Å². The predicted octanol–water partition coefficient (Wildman–Crippen LogP) is 2.24. The molecular weight excluding hydrogens is 249 g/mol. The Bertz CT molecular complexity index is 509. The van der Waals surface area contributed by atoms with Gasteiger partial charge in [-0.2, -0.15) is 0 Å². The molecule has 0 spiro atoms. The van der Waals surface area contributed by atoms with Crippen molar-refractivity contribution in [3.05, 3.63) is 34.1 Å². The molecule has 2 bridgehead atoms. The quantitative estimate of drug-likeness (QED) is 0.672. The van der Waals surface area contributed by atoms with Gasteiger partial charge in [0.05, 0.1) is 10.6 Å². The second kappa shape index (κ2) is 4.77. The summed E-state index contributed by atoms with van der Waals surface area (Å²) in [5, 5.41) is 13.9. The van der Waals surface area contributed by atoms with Gasteiger partial charge in [0.1, 0.15) is 5.82 Å². The van der Waals surface area contributed by atoms with E-state index in [1.165, 1.54) is 12.1 Å². The summed E-state index contributed by atoms with van der Waals surface area (Å²) >= 11 is 0. The summed E-state index contributed by atoms with van der Waals surface area (Å²) < 4.78 is 13.7. The monoisotopic (exact) mass is 265 g/mol. The summed E-state index contributed by atoms with van der Waals surface area (Å²) in [6, 6.07) is 3.86. The normalized spacial score (nSPS) is 29.2. The van der Waals surface area contributed by atoms with Gasteiger partial charge in [-0.25, -0.2) is 4.39 Å². The summed E-state index contributed by atoms with van der Waals surface area (Å²) in [5.41, 5.74) is 0.173. The van der Waals surface area contributed by atoms with E-state index in [9.17, 15) is 14.5 Å². The van der Waals surface area contributed by atoms with Gasteiger partial charge >= 0.3 is 0 Å². The van der Waals surface area contributed by atoms with Crippen LogP contribution in [0.3, 0.4) is 0 Å². The molecule has 102 valence electrons. The lowest BCUT2D eigenvalue weighted by Crippen LogP contribution is -2.39. The van der Waals surface area contributed by atoms with Crippen molar-refractivity contribution in [2.45, 2.75) is 18.9 Å². The zero-order valence-electron chi connectivity index (χ0n) is 10.5. The number of nitrogens with zero attached hydrogens (tertiary/aromatic N) is 2. The number of nitro benzene ring substituents is 1. The molecular formula is C13H16FN3O2. The van der Waals surface area contributed by atoms with Crippen LogP contribution in [-0.2, 0) is 0 Å². The molecule has 19 heavy (non-hydrogen) atoms. The van der Waals surface area contributed by atoms with Crippen molar-refractivity contribution in [3.8, 4) is 0 Å². The van der Waals surface area contributed by atoms with Crippen molar-refractivity contribution in [2.75, 3.05) is 25.0 Å². The molecule has 2 fully saturated rings. The Labute approximate surface area is 110 Å². The summed E-state index contributed by atoms with van der Waals surface area (Å²) in [6.45, 7) is 3.18. The van der Waals surface area contributed by atoms with Crippen LogP contribution in [0.2, 0.25) is 0 Å². The molecule has 6 heteroatoms. The Morgan fingerprint density at radius 3 is 2.95 bits per heavy atom. The maximum Gasteiger partial charge on any atom is 0.271 e. The highest BCUT2D eigenvalue weighted by Gasteiger charge is 2.34. The highest BCUT2D eigenvalue weighted by molar-refractivity contribution is 5.53. The second-order valence-electron chi connectivity index (χ2n) is 5.31. The minimum absolute atomic E-state index is 0.0762. The largest absolute Gasteiger partial charge is 0.379 e. The molecule has 2 aliphatic heterocycles. The number of piperidine rings is 1. The fraction of sp³-hybridized carbons (Fsp3) is 0.538. The number of non-ortho nitro benzene ring substituents is 1. The Kier molecular flexibility index (Phi) is 3.10. The zero-order valence-corrected chi connectivity index (χ0v) is 10.5. The van der Waals surface area contributed by atoms with E-state index < -0.39 is 10.7 Å². The third-order valence-electron chi connectivity index (χ3n) is 4.14. The third kappa shape index (κ3) is 2.40. The van der Waals surface area contributed by atoms with Crippen molar-refractivity contribution < 1.29 is 9.31 Å². The van der Waals surface area contributed by atoms with E-state index in [1.54, 1.807) is 0 Å². The molecule has 3 unspecified atom stereocenters. The van der Waals surface area contributed by atoms with Crippen molar-refractivity contribution >= 4 is 11.4 Å². The molecule has 3 rings (SSSR count). The molecule has 2 heterocycles. The lowest BCUT2D eigenvalue weighted by molar-refractivity contribution is -0.384. The van der Waals surface area contributed by atoms with Gasteiger partial charge in [0.25, 0.3) is 5.69 Å². The lowest BCUT2D eigenvalue weighted by atomic mass is 9.94. The van der Waals surface area contributed by atoms with E-state index in [1.807, 2.05) is 0 Å². The number of benzene rings is 1. The lowest BCUT2D eigenvalue weighted by Gasteiger charge is -2.31. The number of nitro groups is 1. The molecule has 5 nitrogen and oxygen atoms in total. The maximum atomic E-state index is 13.7. The van der Waals surface area contributed by atoms with Crippen LogP contribution in [0.1, 0.15) is 12.8 Å². The fourth-order valence-electron chi connectivity index (χ4n) is 3.08. The van der Waals surface area contributed by atoms with E-state index >= 15 is 0 Å². The number of halogens is 1. The molecule has 3 atom stereocenters. The summed E-state index contributed by atoms with van der Waals surface area (Å²) in [4.78, 5) is 12.6. The maximum absolute atomic E-state index is 13.7. The average molecular weight is 265 g/mol. The molecule has 1 aromatic rings. The molecule has 0 aromatic heterocycles. The first-order valence-electron chi connectivity index (χ1n) is 6.56. The van der Waals surface area contributed by atoms with Crippen LogP contribution in [0.5, 0.6) is 0 Å². The zero-order chi connectivity index (χ0) is 13.4. The van der Waals surface area contributed by atoms with Crippen molar-refractivity contribution in [1.29, 1.82) is 0 Å². The number of nitrogens with one attached hydrogen (secondary N) is 1. The van der Waals surface area contributed by atoms with Crippen LogP contribution in [0.15, 0.2) is 18.2 Å². The number of rotatable bonds is 3. The number of anilines is 1. The summed E-state index contributed by atoms with van der Waals surface area (Å²) in [7, 11) is 0. The topological polar surface area (TPSA) is 58.4 Å². The van der Waals surface area contributed by atoms with Crippen LogP contribution >= 0.6 is 0 Å². The fourth-order valence-corrected chi connectivity index (χ4v) is 3.08. The van der Waals surface area contributed by atoms with E-state index in [4.69, 9.17) is 0 Å². The number of fused-ring (bicyclic) bond motifs is 2. The number of hydrogen-bond acceptors (Lipinski definition) is 4. The van der Waals surface area contributed by atoms with Crippen LogP contribution in [-0.4, -0.2) is 35.5 Å². The Morgan fingerprint density at radius 2 is 2.16 bits per heavy atom. The van der Waals surface area contributed by atoms with Crippen molar-refractivity contribution in [3.63, 3.8) is 0 Å². The van der Waals surface area contributed by atoms with Gasteiger partial charge in [0, 0.05) is 31.3 Å². The predicted molar refractivity (Wildman–Crippen MR) is 69.6 cm³/mol. The van der Waals surface area contributed by atoms with Gasteiger partial charge in [-0.05, 0) is 31.4 Å². The molecule has 2 saturated heterocycles. The van der Waals surface area contributed by atoms with Gasteiger partial charge in [-0.15, -0.1) is 0 Å². The van der Waals surface area contributed by atoms with Crippen LogP contribution in [0.4, 0.5) is 15.8 Å². The Morgan fingerprint density at radius 1 is 1.37 bits per heavy atom. The Balaban J connectivity index is 1.78. The van der Waals surface area contributed by atoms with E-state index in [0.29, 0.717) is 5.92 Å². The van der Waals surface area contributed by atoms with Crippen molar-refractivity contribution in [2.24, 2.45) is 5.92 Å². The summed E-state index contributed by atoms with van der Waals surface area (Å²) in [6.07, 6.45) is 2.08. The highest BCUT2D eigenvalue weighted by atomic mass is 19.1. The van der Waals surface area contributed by atoms with Gasteiger partial charge in [-0.3, -0.25) is 10.1 Å². The summed E-state index contributed by atoms with van der Waals surface area (Å²) in [5.74, 6) is 0.0958. The average Bonchev–Trinajstić information content (AvgIpc) is 2.78. The molecule has 0 radical (unpaired) electrons. The second-order valence-corrected chi connectivity index (χ2v) is 5.31. The molecule has 0 aliphatic carbocycles. The Hall–Kier alpha value is -1.69. The molecule has 0 amide bonds. The van der Waals surface area contributed by atoms with Gasteiger partial charge < -0.3 is 10.2 Å². The van der Waals surface area contributed by atoms with E-state index in [2.05, 4.69) is 10.2 Å². The SMILES string of the molecule is O=[N+]([O-])c1ccc(F)c(NC2CCN3CCC2C3)c1. The van der Waals surface area contributed by atoms with Crippen LogP contribution in [0, 0.1) is 21.8 Å². The van der Waals surface area contributed by atoms with E-state index in [0.717, 1.165) is 38.5 Å². The molecule has 0 saturated carbocycles. The highest BCUT2D eigenvalue weighted by Crippen LogP contribution is 2.31.